The maximum atomic E-state index is 12.2. The van der Waals surface area contributed by atoms with Crippen LogP contribution in [0.15, 0.2) is 39.9 Å². The summed E-state index contributed by atoms with van der Waals surface area (Å²) in [4.78, 5) is 24.1. The molecule has 0 unspecified atom stereocenters. The highest BCUT2D eigenvalue weighted by atomic mass is 16.3. The quantitative estimate of drug-likeness (QED) is 0.770. The Morgan fingerprint density at radius 2 is 1.72 bits per heavy atom. The molecule has 0 atom stereocenters. The van der Waals surface area contributed by atoms with Crippen LogP contribution >= 0.6 is 0 Å². The summed E-state index contributed by atoms with van der Waals surface area (Å²) in [5.41, 5.74) is -0.913. The molecule has 1 aromatic carbocycles. The average Bonchev–Trinajstić information content (AvgIpc) is 2.36. The summed E-state index contributed by atoms with van der Waals surface area (Å²) in [5.74, 6) is -0.522. The first-order valence-corrected chi connectivity index (χ1v) is 5.71. The first kappa shape index (κ1) is 12.4. The molecule has 0 radical (unpaired) electrons. The minimum Gasteiger partial charge on any atom is -0.503 e. The van der Waals surface area contributed by atoms with E-state index in [1.807, 2.05) is 20.8 Å². The molecule has 1 heterocycles. The van der Waals surface area contributed by atoms with Gasteiger partial charge in [-0.1, -0.05) is 12.1 Å². The van der Waals surface area contributed by atoms with E-state index in [0.717, 1.165) is 6.07 Å². The van der Waals surface area contributed by atoms with Gasteiger partial charge in [-0.3, -0.25) is 14.2 Å². The SMILES string of the molecule is CC(C)(C)n1c(=O)c(O)cc(=O)c2ccccc21. The first-order chi connectivity index (χ1) is 8.32. The number of fused-ring (bicyclic) bond motifs is 1. The fourth-order valence-electron chi connectivity index (χ4n) is 2.03. The van der Waals surface area contributed by atoms with Crippen molar-refractivity contribution < 1.29 is 5.11 Å². The summed E-state index contributed by atoms with van der Waals surface area (Å²) < 4.78 is 1.44. The van der Waals surface area contributed by atoms with E-state index in [0.29, 0.717) is 10.9 Å². The van der Waals surface area contributed by atoms with Gasteiger partial charge in [-0.05, 0) is 32.9 Å². The van der Waals surface area contributed by atoms with Crippen molar-refractivity contribution in [3.8, 4) is 5.75 Å². The normalized spacial score (nSPS) is 11.7. The second-order valence-electron chi connectivity index (χ2n) is 5.22. The van der Waals surface area contributed by atoms with Gasteiger partial charge in [-0.2, -0.15) is 0 Å². The van der Waals surface area contributed by atoms with E-state index in [2.05, 4.69) is 0 Å². The van der Waals surface area contributed by atoms with E-state index >= 15 is 0 Å². The summed E-state index contributed by atoms with van der Waals surface area (Å²) in [6.45, 7) is 5.56. The summed E-state index contributed by atoms with van der Waals surface area (Å²) in [7, 11) is 0. The zero-order chi connectivity index (χ0) is 13.5. The summed E-state index contributed by atoms with van der Waals surface area (Å²) in [6, 6.07) is 7.84. The van der Waals surface area contributed by atoms with Gasteiger partial charge in [0.1, 0.15) is 0 Å². The molecule has 0 aliphatic rings. The zero-order valence-corrected chi connectivity index (χ0v) is 10.6. The van der Waals surface area contributed by atoms with Crippen LogP contribution in [-0.4, -0.2) is 9.67 Å². The van der Waals surface area contributed by atoms with E-state index in [4.69, 9.17) is 0 Å². The zero-order valence-electron chi connectivity index (χ0n) is 10.6. The molecule has 4 heteroatoms. The molecular formula is C14H15NO3. The molecule has 0 aliphatic carbocycles. The largest absolute Gasteiger partial charge is 0.503 e. The molecule has 1 N–H and O–H groups in total. The van der Waals surface area contributed by atoms with Crippen LogP contribution in [-0.2, 0) is 5.54 Å². The molecule has 0 aliphatic heterocycles. The molecule has 0 spiro atoms. The Balaban J connectivity index is 3.20. The van der Waals surface area contributed by atoms with Gasteiger partial charge >= 0.3 is 0 Å². The van der Waals surface area contributed by atoms with Crippen molar-refractivity contribution >= 4 is 10.9 Å². The van der Waals surface area contributed by atoms with Crippen LogP contribution in [0.2, 0.25) is 0 Å². The van der Waals surface area contributed by atoms with Crippen LogP contribution < -0.4 is 11.0 Å². The van der Waals surface area contributed by atoms with E-state index in [1.54, 1.807) is 24.3 Å². The second kappa shape index (κ2) is 3.98. The highest BCUT2D eigenvalue weighted by molar-refractivity contribution is 5.78. The fourth-order valence-corrected chi connectivity index (χ4v) is 2.03. The third-order valence-corrected chi connectivity index (χ3v) is 2.77. The van der Waals surface area contributed by atoms with E-state index in [9.17, 15) is 14.7 Å². The number of rotatable bonds is 0. The third-order valence-electron chi connectivity index (χ3n) is 2.77. The molecule has 18 heavy (non-hydrogen) atoms. The Hall–Kier alpha value is -2.10. The van der Waals surface area contributed by atoms with Crippen molar-refractivity contribution in [3.63, 3.8) is 0 Å². The highest BCUT2D eigenvalue weighted by Crippen LogP contribution is 2.18. The topological polar surface area (TPSA) is 59.3 Å². The second-order valence-corrected chi connectivity index (χ2v) is 5.22. The van der Waals surface area contributed by atoms with Gasteiger partial charge in [0.05, 0.1) is 5.52 Å². The van der Waals surface area contributed by atoms with Crippen molar-refractivity contribution in [2.24, 2.45) is 0 Å². The lowest BCUT2D eigenvalue weighted by Crippen LogP contribution is -2.32. The van der Waals surface area contributed by atoms with Crippen LogP contribution in [0.5, 0.6) is 5.75 Å². The molecule has 1 aromatic heterocycles. The maximum Gasteiger partial charge on any atom is 0.293 e. The van der Waals surface area contributed by atoms with Crippen LogP contribution in [0.25, 0.3) is 10.9 Å². The van der Waals surface area contributed by atoms with Gasteiger partial charge in [-0.25, -0.2) is 0 Å². The number of benzene rings is 1. The van der Waals surface area contributed by atoms with Crippen LogP contribution in [0, 0.1) is 0 Å². The van der Waals surface area contributed by atoms with Gasteiger partial charge in [-0.15, -0.1) is 0 Å². The molecule has 0 bridgehead atoms. The van der Waals surface area contributed by atoms with E-state index in [-0.39, 0.29) is 5.43 Å². The van der Waals surface area contributed by atoms with Gasteiger partial charge in [0.25, 0.3) is 5.56 Å². The molecule has 0 amide bonds. The standard InChI is InChI=1S/C14H15NO3/c1-14(2,3)15-10-7-5-4-6-9(10)11(16)8-12(17)13(15)18/h4-8,17H,1-3H3. The summed E-state index contributed by atoms with van der Waals surface area (Å²) in [6.07, 6.45) is 0. The van der Waals surface area contributed by atoms with Crippen molar-refractivity contribution in [2.45, 2.75) is 26.3 Å². The smallest absolute Gasteiger partial charge is 0.293 e. The molecule has 2 aromatic rings. The van der Waals surface area contributed by atoms with Crippen molar-refractivity contribution in [1.82, 2.24) is 4.57 Å². The van der Waals surface area contributed by atoms with Gasteiger partial charge < -0.3 is 5.11 Å². The number of aromatic hydroxyl groups is 1. The Kier molecular flexibility index (Phi) is 2.73. The van der Waals surface area contributed by atoms with E-state index in [1.165, 1.54) is 4.57 Å². The van der Waals surface area contributed by atoms with E-state index < -0.39 is 16.8 Å². The summed E-state index contributed by atoms with van der Waals surface area (Å²) in [5, 5.41) is 10.1. The Morgan fingerprint density at radius 3 is 2.33 bits per heavy atom. The molecule has 4 nitrogen and oxygen atoms in total. The van der Waals surface area contributed by atoms with Crippen molar-refractivity contribution in [1.29, 1.82) is 0 Å². The fraction of sp³-hybridized carbons (Fsp3) is 0.286. The van der Waals surface area contributed by atoms with Crippen LogP contribution in [0.4, 0.5) is 0 Å². The Bertz CT molecular complexity index is 724. The van der Waals surface area contributed by atoms with Crippen molar-refractivity contribution in [2.75, 3.05) is 0 Å². The monoisotopic (exact) mass is 245 g/mol. The molecular weight excluding hydrogens is 230 g/mol. The van der Waals surface area contributed by atoms with Gasteiger partial charge in [0, 0.05) is 17.0 Å². The number of hydrogen-bond donors (Lipinski definition) is 1. The Labute approximate surface area is 104 Å². The predicted octanol–water partition coefficient (Wildman–Crippen LogP) is 1.82. The van der Waals surface area contributed by atoms with Crippen molar-refractivity contribution in [3.05, 3.63) is 50.9 Å². The average molecular weight is 245 g/mol. The lowest BCUT2D eigenvalue weighted by atomic mass is 10.1. The Morgan fingerprint density at radius 1 is 1.11 bits per heavy atom. The third kappa shape index (κ3) is 1.90. The number of para-hydroxylation sites is 1. The number of aromatic nitrogens is 1. The van der Waals surface area contributed by atoms with Gasteiger partial charge in [0.2, 0.25) is 0 Å². The minimum absolute atomic E-state index is 0.358. The molecule has 2 rings (SSSR count). The number of nitrogens with zero attached hydrogens (tertiary/aromatic N) is 1. The molecule has 0 fully saturated rings. The lowest BCUT2D eigenvalue weighted by molar-refractivity contribution is 0.382. The van der Waals surface area contributed by atoms with Crippen LogP contribution in [0.3, 0.4) is 0 Å². The maximum absolute atomic E-state index is 12.2. The lowest BCUT2D eigenvalue weighted by Gasteiger charge is -2.22. The molecule has 0 saturated heterocycles. The minimum atomic E-state index is -0.555. The summed E-state index contributed by atoms with van der Waals surface area (Å²) >= 11 is 0. The molecule has 94 valence electrons. The predicted molar refractivity (Wildman–Crippen MR) is 71.1 cm³/mol. The molecule has 0 saturated carbocycles. The number of hydrogen-bond acceptors (Lipinski definition) is 3. The first-order valence-electron chi connectivity index (χ1n) is 5.71. The van der Waals surface area contributed by atoms with Crippen LogP contribution in [0.1, 0.15) is 20.8 Å². The highest BCUT2D eigenvalue weighted by Gasteiger charge is 2.19. The van der Waals surface area contributed by atoms with Gasteiger partial charge in [0.15, 0.2) is 11.2 Å².